The molecular formula is C11H13NO2. The summed E-state index contributed by atoms with van der Waals surface area (Å²) < 4.78 is 5.25. The molecule has 2 rings (SSSR count). The van der Waals surface area contributed by atoms with Crippen molar-refractivity contribution >= 4 is 10.9 Å². The summed E-state index contributed by atoms with van der Waals surface area (Å²) in [7, 11) is 1.63. The molecule has 0 spiro atoms. The number of methoxy groups -OCH3 is 1. The number of H-pyrrole nitrogens is 1. The summed E-state index contributed by atoms with van der Waals surface area (Å²) in [6, 6.07) is 5.77. The summed E-state index contributed by atoms with van der Waals surface area (Å²) in [5.41, 5.74) is 1.86. The van der Waals surface area contributed by atoms with Crippen LogP contribution in [0.15, 0.2) is 24.4 Å². The molecule has 1 aromatic heterocycles. The van der Waals surface area contributed by atoms with E-state index in [0.29, 0.717) is 0 Å². The first-order valence-electron chi connectivity index (χ1n) is 4.56. The van der Waals surface area contributed by atoms with Gasteiger partial charge in [-0.1, -0.05) is 6.07 Å². The second-order valence-electron chi connectivity index (χ2n) is 3.30. The number of hydrogen-bond acceptors (Lipinski definition) is 2. The average molecular weight is 191 g/mol. The normalized spacial score (nSPS) is 13.1. The maximum Gasteiger partial charge on any atom is 0.128 e. The summed E-state index contributed by atoms with van der Waals surface area (Å²) in [5.74, 6) is 0.791. The summed E-state index contributed by atoms with van der Waals surface area (Å²) in [4.78, 5) is 3.10. The van der Waals surface area contributed by atoms with Crippen LogP contribution in [0.1, 0.15) is 18.6 Å². The van der Waals surface area contributed by atoms with Gasteiger partial charge in [-0.3, -0.25) is 0 Å². The molecule has 0 unspecified atom stereocenters. The highest BCUT2D eigenvalue weighted by Gasteiger charge is 2.11. The van der Waals surface area contributed by atoms with Gasteiger partial charge >= 0.3 is 0 Å². The lowest BCUT2D eigenvalue weighted by molar-refractivity contribution is 0.200. The van der Waals surface area contributed by atoms with Crippen LogP contribution < -0.4 is 4.74 Å². The van der Waals surface area contributed by atoms with Crippen molar-refractivity contribution in [3.05, 3.63) is 30.0 Å². The zero-order valence-corrected chi connectivity index (χ0v) is 8.24. The van der Waals surface area contributed by atoms with Crippen LogP contribution in [-0.2, 0) is 0 Å². The third-order valence-corrected chi connectivity index (χ3v) is 2.37. The molecule has 3 nitrogen and oxygen atoms in total. The van der Waals surface area contributed by atoms with Crippen LogP contribution in [0.3, 0.4) is 0 Å². The van der Waals surface area contributed by atoms with Crippen LogP contribution in [0.2, 0.25) is 0 Å². The third kappa shape index (κ3) is 1.26. The minimum Gasteiger partial charge on any atom is -0.496 e. The van der Waals surface area contributed by atoms with Crippen molar-refractivity contribution in [2.45, 2.75) is 13.0 Å². The van der Waals surface area contributed by atoms with E-state index in [-0.39, 0.29) is 0 Å². The lowest BCUT2D eigenvalue weighted by Crippen LogP contribution is -1.90. The predicted octanol–water partition coefficient (Wildman–Crippen LogP) is 2.23. The molecule has 1 atom stereocenters. The summed E-state index contributed by atoms with van der Waals surface area (Å²) in [6.07, 6.45) is 1.33. The van der Waals surface area contributed by atoms with Gasteiger partial charge in [0.15, 0.2) is 0 Å². The van der Waals surface area contributed by atoms with E-state index < -0.39 is 6.10 Å². The highest BCUT2D eigenvalue weighted by molar-refractivity contribution is 5.89. The molecule has 0 saturated carbocycles. The fourth-order valence-electron chi connectivity index (χ4n) is 1.68. The van der Waals surface area contributed by atoms with Crippen LogP contribution in [-0.4, -0.2) is 17.2 Å². The Balaban J connectivity index is 2.74. The Labute approximate surface area is 82.3 Å². The Hall–Kier alpha value is -1.48. The molecule has 1 aromatic carbocycles. The summed E-state index contributed by atoms with van der Waals surface area (Å²) in [6.45, 7) is 1.75. The van der Waals surface area contributed by atoms with E-state index >= 15 is 0 Å². The van der Waals surface area contributed by atoms with Crippen molar-refractivity contribution in [2.75, 3.05) is 7.11 Å². The molecule has 0 amide bonds. The van der Waals surface area contributed by atoms with Gasteiger partial charge in [0.05, 0.1) is 13.2 Å². The maximum absolute atomic E-state index is 9.56. The van der Waals surface area contributed by atoms with Crippen molar-refractivity contribution in [3.63, 3.8) is 0 Å². The Kier molecular flexibility index (Phi) is 2.17. The minimum absolute atomic E-state index is 0.486. The van der Waals surface area contributed by atoms with Gasteiger partial charge in [0.1, 0.15) is 5.75 Å². The largest absolute Gasteiger partial charge is 0.496 e. The van der Waals surface area contributed by atoms with E-state index in [4.69, 9.17) is 4.74 Å². The maximum atomic E-state index is 9.56. The number of aromatic nitrogens is 1. The number of rotatable bonds is 2. The fraction of sp³-hybridized carbons (Fsp3) is 0.273. The Morgan fingerprint density at radius 3 is 2.86 bits per heavy atom. The average Bonchev–Trinajstić information content (AvgIpc) is 2.60. The molecule has 0 aliphatic heterocycles. The van der Waals surface area contributed by atoms with Crippen LogP contribution in [0.4, 0.5) is 0 Å². The van der Waals surface area contributed by atoms with Crippen molar-refractivity contribution in [3.8, 4) is 5.75 Å². The van der Waals surface area contributed by atoms with Crippen LogP contribution in [0.25, 0.3) is 10.9 Å². The van der Waals surface area contributed by atoms with E-state index in [1.54, 1.807) is 14.0 Å². The molecular weight excluding hydrogens is 178 g/mol. The zero-order chi connectivity index (χ0) is 10.1. The molecule has 2 N–H and O–H groups in total. The third-order valence-electron chi connectivity index (χ3n) is 2.37. The van der Waals surface area contributed by atoms with Crippen molar-refractivity contribution in [1.29, 1.82) is 0 Å². The topological polar surface area (TPSA) is 45.2 Å². The van der Waals surface area contributed by atoms with Gasteiger partial charge in [-0.05, 0) is 19.1 Å². The van der Waals surface area contributed by atoms with Crippen molar-refractivity contribution in [2.24, 2.45) is 0 Å². The molecule has 0 radical (unpaired) electrons. The number of benzene rings is 1. The standard InChI is InChI=1S/C11H13NO2/c1-7(13)8-6-12-9-4-3-5-10(14-2)11(8)9/h3-7,12-13H,1-2H3/t7-/m0/s1. The Morgan fingerprint density at radius 2 is 2.21 bits per heavy atom. The monoisotopic (exact) mass is 191 g/mol. The number of hydrogen-bond donors (Lipinski definition) is 2. The second-order valence-corrected chi connectivity index (χ2v) is 3.30. The lowest BCUT2D eigenvalue weighted by atomic mass is 10.1. The van der Waals surface area contributed by atoms with E-state index in [0.717, 1.165) is 22.2 Å². The minimum atomic E-state index is -0.486. The predicted molar refractivity (Wildman–Crippen MR) is 55.5 cm³/mol. The van der Waals surface area contributed by atoms with E-state index in [1.165, 1.54) is 0 Å². The van der Waals surface area contributed by atoms with Gasteiger partial charge in [-0.2, -0.15) is 0 Å². The first-order valence-corrected chi connectivity index (χ1v) is 4.56. The van der Waals surface area contributed by atoms with Crippen molar-refractivity contribution in [1.82, 2.24) is 4.98 Å². The summed E-state index contributed by atoms with van der Waals surface area (Å²) >= 11 is 0. The number of aliphatic hydroxyl groups is 1. The zero-order valence-electron chi connectivity index (χ0n) is 8.24. The molecule has 1 heterocycles. The quantitative estimate of drug-likeness (QED) is 0.764. The van der Waals surface area contributed by atoms with Crippen LogP contribution in [0.5, 0.6) is 5.75 Å². The first kappa shape index (κ1) is 9.09. The van der Waals surface area contributed by atoms with E-state index in [1.807, 2.05) is 24.4 Å². The van der Waals surface area contributed by atoms with Gasteiger partial charge in [-0.25, -0.2) is 0 Å². The summed E-state index contributed by atoms with van der Waals surface area (Å²) in [5, 5.41) is 10.5. The number of aromatic amines is 1. The molecule has 74 valence electrons. The lowest BCUT2D eigenvalue weighted by Gasteiger charge is -2.06. The molecule has 0 bridgehead atoms. The second kappa shape index (κ2) is 3.35. The fourth-order valence-corrected chi connectivity index (χ4v) is 1.68. The SMILES string of the molecule is COc1cccc2[nH]cc([C@H](C)O)c12. The molecule has 0 aliphatic rings. The first-order chi connectivity index (χ1) is 6.74. The molecule has 3 heteroatoms. The van der Waals surface area contributed by atoms with Gasteiger partial charge in [-0.15, -0.1) is 0 Å². The molecule has 0 aliphatic carbocycles. The highest BCUT2D eigenvalue weighted by atomic mass is 16.5. The Bertz CT molecular complexity index is 445. The van der Waals surface area contributed by atoms with Gasteiger partial charge in [0.25, 0.3) is 0 Å². The highest BCUT2D eigenvalue weighted by Crippen LogP contribution is 2.31. The van der Waals surface area contributed by atoms with Gasteiger partial charge in [0, 0.05) is 22.7 Å². The Morgan fingerprint density at radius 1 is 1.43 bits per heavy atom. The molecule has 0 saturated heterocycles. The van der Waals surface area contributed by atoms with E-state index in [2.05, 4.69) is 4.98 Å². The smallest absolute Gasteiger partial charge is 0.128 e. The number of nitrogens with one attached hydrogen (secondary N) is 1. The number of fused-ring (bicyclic) bond motifs is 1. The molecule has 0 fully saturated rings. The number of aliphatic hydroxyl groups excluding tert-OH is 1. The van der Waals surface area contributed by atoms with Gasteiger partial charge < -0.3 is 14.8 Å². The van der Waals surface area contributed by atoms with E-state index in [9.17, 15) is 5.11 Å². The number of ether oxygens (including phenoxy) is 1. The van der Waals surface area contributed by atoms with Crippen molar-refractivity contribution < 1.29 is 9.84 Å². The van der Waals surface area contributed by atoms with Crippen LogP contribution in [0, 0.1) is 0 Å². The molecule has 14 heavy (non-hydrogen) atoms. The van der Waals surface area contributed by atoms with Crippen LogP contribution >= 0.6 is 0 Å². The van der Waals surface area contributed by atoms with Gasteiger partial charge in [0.2, 0.25) is 0 Å². The molecule has 2 aromatic rings.